The molecule has 1 heterocycles. The highest BCUT2D eigenvalue weighted by molar-refractivity contribution is 7.18. The van der Waals surface area contributed by atoms with Gasteiger partial charge in [-0.2, -0.15) is 0 Å². The lowest BCUT2D eigenvalue weighted by molar-refractivity contribution is -0.144. The van der Waals surface area contributed by atoms with Crippen LogP contribution in [-0.4, -0.2) is 30.6 Å². The number of carbonyl (C=O) groups is 2. The van der Waals surface area contributed by atoms with Gasteiger partial charge in [0.15, 0.2) is 0 Å². The monoisotopic (exact) mass is 434 g/mol. The van der Waals surface area contributed by atoms with E-state index in [9.17, 15) is 18.4 Å². The van der Waals surface area contributed by atoms with Crippen LogP contribution in [0.1, 0.15) is 24.8 Å². The number of benzene rings is 2. The molecule has 30 heavy (non-hydrogen) atoms. The number of aromatic nitrogens is 1. The van der Waals surface area contributed by atoms with Crippen molar-refractivity contribution >= 4 is 39.1 Å². The Kier molecular flexibility index (Phi) is 6.94. The number of nitrogens with zero attached hydrogens (tertiary/aromatic N) is 2. The quantitative estimate of drug-likeness (QED) is 0.490. The van der Waals surface area contributed by atoms with Crippen LogP contribution in [0, 0.1) is 11.6 Å². The Morgan fingerprint density at radius 2 is 1.97 bits per heavy atom. The minimum Gasteiger partial charge on any atom is -0.497 e. The summed E-state index contributed by atoms with van der Waals surface area (Å²) in [6, 6.07) is 8.81. The number of carbonyl (C=O) groups excluding carboxylic acids is 2. The highest BCUT2D eigenvalue weighted by atomic mass is 32.1. The van der Waals surface area contributed by atoms with Gasteiger partial charge in [-0.1, -0.05) is 6.07 Å². The molecule has 3 rings (SSSR count). The molecule has 0 unspecified atom stereocenters. The van der Waals surface area contributed by atoms with E-state index in [2.05, 4.69) is 4.98 Å². The van der Waals surface area contributed by atoms with E-state index < -0.39 is 17.6 Å². The molecule has 0 aliphatic rings. The van der Waals surface area contributed by atoms with Crippen molar-refractivity contribution in [1.29, 1.82) is 0 Å². The van der Waals surface area contributed by atoms with Crippen molar-refractivity contribution in [2.24, 2.45) is 0 Å². The van der Waals surface area contributed by atoms with E-state index in [-0.39, 0.29) is 42.1 Å². The largest absolute Gasteiger partial charge is 0.497 e. The number of hydrogen-bond donors (Lipinski definition) is 0. The molecule has 2 aromatic carbocycles. The zero-order chi connectivity index (χ0) is 21.7. The molecule has 9 heteroatoms. The highest BCUT2D eigenvalue weighted by Crippen LogP contribution is 2.29. The average molecular weight is 434 g/mol. The summed E-state index contributed by atoms with van der Waals surface area (Å²) in [5.74, 6) is -1.66. The van der Waals surface area contributed by atoms with E-state index in [1.807, 2.05) is 0 Å². The number of fused-ring (bicyclic) bond motifs is 1. The third-order valence-corrected chi connectivity index (χ3v) is 5.33. The molecule has 0 aliphatic carbocycles. The number of halogens is 2. The standard InChI is InChI=1S/C21H20F2N2O4S/c1-3-29-20(27)8-7-19(26)25(14-5-4-6-15(11-14)28-2)12-18-24-17-10-13(22)9-16(23)21(17)30-18/h4-6,9-11H,3,7-8,12H2,1-2H3. The van der Waals surface area contributed by atoms with Gasteiger partial charge in [-0.05, 0) is 19.1 Å². The van der Waals surface area contributed by atoms with Crippen LogP contribution in [0.15, 0.2) is 36.4 Å². The van der Waals surface area contributed by atoms with Gasteiger partial charge in [0.05, 0.1) is 36.9 Å². The van der Waals surface area contributed by atoms with Gasteiger partial charge in [0.1, 0.15) is 22.4 Å². The second kappa shape index (κ2) is 9.62. The van der Waals surface area contributed by atoms with E-state index in [4.69, 9.17) is 9.47 Å². The Balaban J connectivity index is 1.89. The Morgan fingerprint density at radius 1 is 1.17 bits per heavy atom. The molecular weight excluding hydrogens is 414 g/mol. The zero-order valence-electron chi connectivity index (χ0n) is 16.5. The summed E-state index contributed by atoms with van der Waals surface area (Å²) in [5, 5.41) is 0.432. The first-order valence-electron chi connectivity index (χ1n) is 9.25. The van der Waals surface area contributed by atoms with Crippen molar-refractivity contribution in [3.63, 3.8) is 0 Å². The minimum atomic E-state index is -0.716. The van der Waals surface area contributed by atoms with Gasteiger partial charge < -0.3 is 14.4 Å². The third kappa shape index (κ3) is 5.10. The SMILES string of the molecule is CCOC(=O)CCC(=O)N(Cc1nc2cc(F)cc(F)c2s1)c1cccc(OC)c1. The number of ether oxygens (including phenoxy) is 2. The number of hydrogen-bond acceptors (Lipinski definition) is 6. The summed E-state index contributed by atoms with van der Waals surface area (Å²) >= 11 is 1.05. The van der Waals surface area contributed by atoms with Gasteiger partial charge in [0.25, 0.3) is 0 Å². The first kappa shape index (κ1) is 21.6. The number of methoxy groups -OCH3 is 1. The van der Waals surface area contributed by atoms with Gasteiger partial charge in [-0.3, -0.25) is 9.59 Å². The molecule has 6 nitrogen and oxygen atoms in total. The van der Waals surface area contributed by atoms with Crippen LogP contribution in [0.5, 0.6) is 5.75 Å². The fourth-order valence-corrected chi connectivity index (χ4v) is 3.83. The predicted octanol–water partition coefficient (Wildman–Crippen LogP) is 4.46. The van der Waals surface area contributed by atoms with Crippen LogP contribution < -0.4 is 9.64 Å². The maximum atomic E-state index is 14.0. The van der Waals surface area contributed by atoms with Crippen LogP contribution in [0.25, 0.3) is 10.2 Å². The molecule has 0 saturated carbocycles. The maximum Gasteiger partial charge on any atom is 0.306 e. The molecule has 0 N–H and O–H groups in total. The maximum absolute atomic E-state index is 14.0. The van der Waals surface area contributed by atoms with Crippen LogP contribution >= 0.6 is 11.3 Å². The Hall–Kier alpha value is -3.07. The van der Waals surface area contributed by atoms with Crippen molar-refractivity contribution in [2.45, 2.75) is 26.3 Å². The Morgan fingerprint density at radius 3 is 2.70 bits per heavy atom. The number of amides is 1. The van der Waals surface area contributed by atoms with Crippen LogP contribution in [0.2, 0.25) is 0 Å². The summed E-state index contributed by atoms with van der Waals surface area (Å²) in [5.41, 5.74) is 0.728. The van der Waals surface area contributed by atoms with Crippen molar-refractivity contribution in [2.75, 3.05) is 18.6 Å². The Bertz CT molecular complexity index is 1070. The minimum absolute atomic E-state index is 0.0369. The fourth-order valence-electron chi connectivity index (χ4n) is 2.89. The lowest BCUT2D eigenvalue weighted by Crippen LogP contribution is -2.30. The van der Waals surface area contributed by atoms with E-state index in [0.29, 0.717) is 16.4 Å². The smallest absolute Gasteiger partial charge is 0.306 e. The molecule has 0 saturated heterocycles. The van der Waals surface area contributed by atoms with Gasteiger partial charge in [-0.25, -0.2) is 13.8 Å². The third-order valence-electron chi connectivity index (χ3n) is 4.26. The van der Waals surface area contributed by atoms with Crippen LogP contribution in [0.3, 0.4) is 0 Å². The molecule has 0 atom stereocenters. The predicted molar refractivity (Wildman–Crippen MR) is 110 cm³/mol. The van der Waals surface area contributed by atoms with Crippen molar-refractivity contribution in [3.05, 3.63) is 53.0 Å². The molecule has 0 spiro atoms. The topological polar surface area (TPSA) is 68.7 Å². The molecule has 1 aromatic heterocycles. The van der Waals surface area contributed by atoms with Crippen LogP contribution in [0.4, 0.5) is 14.5 Å². The first-order valence-corrected chi connectivity index (χ1v) is 10.1. The molecule has 0 bridgehead atoms. The normalized spacial score (nSPS) is 10.8. The zero-order valence-corrected chi connectivity index (χ0v) is 17.3. The number of rotatable bonds is 8. The van der Waals surface area contributed by atoms with E-state index in [1.54, 1.807) is 31.2 Å². The van der Waals surface area contributed by atoms with Gasteiger partial charge in [0.2, 0.25) is 5.91 Å². The fraction of sp³-hybridized carbons (Fsp3) is 0.286. The summed E-state index contributed by atoms with van der Waals surface area (Å²) < 4.78 is 37.9. The molecular formula is C21H20F2N2O4S. The highest BCUT2D eigenvalue weighted by Gasteiger charge is 2.21. The summed E-state index contributed by atoms with van der Waals surface area (Å²) in [4.78, 5) is 30.3. The van der Waals surface area contributed by atoms with E-state index in [1.165, 1.54) is 12.0 Å². The second-order valence-corrected chi connectivity index (χ2v) is 7.41. The molecule has 0 radical (unpaired) electrons. The van der Waals surface area contributed by atoms with Crippen molar-refractivity contribution in [3.8, 4) is 5.75 Å². The summed E-state index contributed by atoms with van der Waals surface area (Å²) in [6.45, 7) is 1.97. The molecule has 0 fully saturated rings. The average Bonchev–Trinajstić information content (AvgIpc) is 3.13. The summed E-state index contributed by atoms with van der Waals surface area (Å²) in [6.07, 6.45) is -0.128. The van der Waals surface area contributed by atoms with Gasteiger partial charge in [-0.15, -0.1) is 11.3 Å². The molecule has 3 aromatic rings. The Labute approximate surface area is 176 Å². The number of thiazole rings is 1. The van der Waals surface area contributed by atoms with E-state index in [0.717, 1.165) is 23.5 Å². The van der Waals surface area contributed by atoms with Gasteiger partial charge in [0, 0.05) is 30.3 Å². The summed E-state index contributed by atoms with van der Waals surface area (Å²) in [7, 11) is 1.51. The molecule has 158 valence electrons. The van der Waals surface area contributed by atoms with E-state index >= 15 is 0 Å². The van der Waals surface area contributed by atoms with Crippen LogP contribution in [-0.2, 0) is 20.9 Å². The number of esters is 1. The lowest BCUT2D eigenvalue weighted by atomic mass is 10.2. The van der Waals surface area contributed by atoms with Gasteiger partial charge >= 0.3 is 5.97 Å². The molecule has 0 aliphatic heterocycles. The van der Waals surface area contributed by atoms with Crippen molar-refractivity contribution in [1.82, 2.24) is 4.98 Å². The lowest BCUT2D eigenvalue weighted by Gasteiger charge is -2.22. The molecule has 1 amide bonds. The second-order valence-electron chi connectivity index (χ2n) is 6.33. The number of anilines is 1. The first-order chi connectivity index (χ1) is 14.4. The van der Waals surface area contributed by atoms with Crippen molar-refractivity contribution < 1.29 is 27.8 Å².